The molecule has 0 unspecified atom stereocenters. The number of sulfone groups is 1. The van der Waals surface area contributed by atoms with Gasteiger partial charge in [0.1, 0.15) is 0 Å². The van der Waals surface area contributed by atoms with Gasteiger partial charge in [-0.3, -0.25) is 0 Å². The van der Waals surface area contributed by atoms with Gasteiger partial charge in [-0.05, 0) is 23.8 Å². The molecular weight excluding hydrogens is 238 g/mol. The van der Waals surface area contributed by atoms with Gasteiger partial charge in [-0.25, -0.2) is 8.42 Å². The van der Waals surface area contributed by atoms with Gasteiger partial charge in [-0.2, -0.15) is 5.48 Å². The summed E-state index contributed by atoms with van der Waals surface area (Å²) < 4.78 is 22.6. The Labute approximate surface area is 94.1 Å². The van der Waals surface area contributed by atoms with Gasteiger partial charge in [0.15, 0.2) is 9.84 Å². The van der Waals surface area contributed by atoms with Crippen molar-refractivity contribution in [1.82, 2.24) is 5.48 Å². The van der Waals surface area contributed by atoms with Crippen molar-refractivity contribution in [3.63, 3.8) is 0 Å². The minimum absolute atomic E-state index is 0.250. The predicted octanol–water partition coefficient (Wildman–Crippen LogP) is 1.39. The van der Waals surface area contributed by atoms with Crippen LogP contribution in [-0.4, -0.2) is 21.8 Å². The second-order valence-electron chi connectivity index (χ2n) is 3.05. The molecule has 0 spiro atoms. The Hall–Kier alpha value is -0.620. The highest BCUT2D eigenvalue weighted by Crippen LogP contribution is 2.20. The number of hydroxylamine groups is 1. The maximum atomic E-state index is 11.3. The van der Waals surface area contributed by atoms with Gasteiger partial charge in [0.2, 0.25) is 0 Å². The number of hydrogen-bond donors (Lipinski definition) is 1. The number of halogens is 1. The van der Waals surface area contributed by atoms with Crippen LogP contribution in [0.2, 0.25) is 5.02 Å². The van der Waals surface area contributed by atoms with Gasteiger partial charge in [0, 0.05) is 17.8 Å². The minimum Gasteiger partial charge on any atom is -0.305 e. The molecule has 0 atom stereocenters. The highest BCUT2D eigenvalue weighted by atomic mass is 35.5. The van der Waals surface area contributed by atoms with Crippen LogP contribution in [0.25, 0.3) is 0 Å². The summed E-state index contributed by atoms with van der Waals surface area (Å²) in [6.07, 6.45) is 1.16. The maximum Gasteiger partial charge on any atom is 0.175 e. The molecular formula is C9H12ClNO3S. The molecule has 0 fully saturated rings. The smallest absolute Gasteiger partial charge is 0.175 e. The third-order valence-corrected chi connectivity index (χ3v) is 3.33. The fourth-order valence-electron chi connectivity index (χ4n) is 1.07. The second kappa shape index (κ2) is 4.94. The van der Waals surface area contributed by atoms with Crippen molar-refractivity contribution >= 4 is 21.4 Å². The normalized spacial score (nSPS) is 11.7. The molecule has 0 heterocycles. The van der Waals surface area contributed by atoms with E-state index in [9.17, 15) is 8.42 Å². The highest BCUT2D eigenvalue weighted by molar-refractivity contribution is 7.90. The largest absolute Gasteiger partial charge is 0.305 e. The van der Waals surface area contributed by atoms with Crippen molar-refractivity contribution in [3.8, 4) is 0 Å². The summed E-state index contributed by atoms with van der Waals surface area (Å²) in [5, 5.41) is 0.506. The molecule has 84 valence electrons. The first-order valence-corrected chi connectivity index (χ1v) is 6.46. The lowest BCUT2D eigenvalue weighted by atomic mass is 10.2. The molecule has 4 nitrogen and oxygen atoms in total. The van der Waals surface area contributed by atoms with Crippen LogP contribution in [0.5, 0.6) is 0 Å². The first-order valence-electron chi connectivity index (χ1n) is 4.19. The topological polar surface area (TPSA) is 55.4 Å². The van der Waals surface area contributed by atoms with Crippen molar-refractivity contribution in [2.45, 2.75) is 11.4 Å². The molecule has 0 radical (unpaired) electrons. The Balaban J connectivity index is 3.06. The molecule has 0 saturated heterocycles. The van der Waals surface area contributed by atoms with E-state index in [0.717, 1.165) is 6.26 Å². The number of hydrogen-bond acceptors (Lipinski definition) is 4. The molecule has 0 aliphatic rings. The molecule has 1 rings (SSSR count). The SMILES string of the molecule is CONCc1cc(S(C)(=O)=O)ccc1Cl. The van der Waals surface area contributed by atoms with Crippen molar-refractivity contribution < 1.29 is 13.3 Å². The summed E-state index contributed by atoms with van der Waals surface area (Å²) in [4.78, 5) is 4.92. The average Bonchev–Trinajstić information content (AvgIpc) is 2.15. The molecule has 0 aromatic heterocycles. The zero-order chi connectivity index (χ0) is 11.5. The van der Waals surface area contributed by atoms with Crippen LogP contribution in [0.3, 0.4) is 0 Å². The fourth-order valence-corrected chi connectivity index (χ4v) is 1.92. The summed E-state index contributed by atoms with van der Waals surface area (Å²) in [6.45, 7) is 0.360. The molecule has 1 aromatic rings. The van der Waals surface area contributed by atoms with Crippen LogP contribution in [0, 0.1) is 0 Å². The van der Waals surface area contributed by atoms with E-state index < -0.39 is 9.84 Å². The zero-order valence-corrected chi connectivity index (χ0v) is 10.0. The lowest BCUT2D eigenvalue weighted by molar-refractivity contribution is 0.0867. The first-order chi connectivity index (χ1) is 6.95. The first kappa shape index (κ1) is 12.4. The third kappa shape index (κ3) is 3.46. The quantitative estimate of drug-likeness (QED) is 0.820. The molecule has 1 N–H and O–H groups in total. The predicted molar refractivity (Wildman–Crippen MR) is 58.4 cm³/mol. The molecule has 0 aliphatic carbocycles. The van der Waals surface area contributed by atoms with Crippen molar-refractivity contribution in [2.75, 3.05) is 13.4 Å². The van der Waals surface area contributed by atoms with Crippen LogP contribution >= 0.6 is 11.6 Å². The average molecular weight is 250 g/mol. The van der Waals surface area contributed by atoms with Gasteiger partial charge >= 0.3 is 0 Å². The molecule has 0 bridgehead atoms. The third-order valence-electron chi connectivity index (χ3n) is 1.85. The summed E-state index contributed by atoms with van der Waals surface area (Å²) in [7, 11) is -1.71. The van der Waals surface area contributed by atoms with Gasteiger partial charge in [-0.1, -0.05) is 11.6 Å². The van der Waals surface area contributed by atoms with Gasteiger partial charge in [-0.15, -0.1) is 0 Å². The monoisotopic (exact) mass is 249 g/mol. The standard InChI is InChI=1S/C9H12ClNO3S/c1-14-11-6-7-5-8(15(2,12)13)3-4-9(7)10/h3-5,11H,6H2,1-2H3. The summed E-state index contributed by atoms with van der Waals surface area (Å²) in [5.74, 6) is 0. The van der Waals surface area contributed by atoms with E-state index >= 15 is 0 Å². The molecule has 0 saturated carbocycles. The van der Waals surface area contributed by atoms with E-state index in [2.05, 4.69) is 10.3 Å². The van der Waals surface area contributed by atoms with Crippen molar-refractivity contribution in [2.24, 2.45) is 0 Å². The Bertz CT molecular complexity index is 445. The lowest BCUT2D eigenvalue weighted by Gasteiger charge is -2.06. The maximum absolute atomic E-state index is 11.3. The van der Waals surface area contributed by atoms with Crippen LogP contribution in [0.4, 0.5) is 0 Å². The van der Waals surface area contributed by atoms with Crippen LogP contribution in [0.15, 0.2) is 23.1 Å². The fraction of sp³-hybridized carbons (Fsp3) is 0.333. The van der Waals surface area contributed by atoms with Crippen LogP contribution < -0.4 is 5.48 Å². The van der Waals surface area contributed by atoms with Crippen LogP contribution in [0.1, 0.15) is 5.56 Å². The van der Waals surface area contributed by atoms with E-state index in [-0.39, 0.29) is 4.90 Å². The minimum atomic E-state index is -3.19. The number of rotatable bonds is 4. The number of nitrogens with one attached hydrogen (secondary N) is 1. The summed E-state index contributed by atoms with van der Waals surface area (Å²) in [5.41, 5.74) is 3.29. The summed E-state index contributed by atoms with van der Waals surface area (Å²) >= 11 is 5.89. The van der Waals surface area contributed by atoms with Crippen molar-refractivity contribution in [3.05, 3.63) is 28.8 Å². The van der Waals surface area contributed by atoms with E-state index in [1.54, 1.807) is 6.07 Å². The Morgan fingerprint density at radius 2 is 2.13 bits per heavy atom. The van der Waals surface area contributed by atoms with E-state index in [1.165, 1.54) is 19.2 Å². The zero-order valence-electron chi connectivity index (χ0n) is 8.45. The lowest BCUT2D eigenvalue weighted by Crippen LogP contribution is -2.11. The van der Waals surface area contributed by atoms with Crippen LogP contribution in [-0.2, 0) is 21.2 Å². The van der Waals surface area contributed by atoms with Gasteiger partial charge in [0.25, 0.3) is 0 Å². The second-order valence-corrected chi connectivity index (χ2v) is 5.47. The van der Waals surface area contributed by atoms with Crippen molar-refractivity contribution in [1.29, 1.82) is 0 Å². The molecule has 0 aliphatic heterocycles. The molecule has 0 amide bonds. The number of benzene rings is 1. The van der Waals surface area contributed by atoms with Gasteiger partial charge < -0.3 is 4.84 Å². The Morgan fingerprint density at radius 1 is 1.47 bits per heavy atom. The van der Waals surface area contributed by atoms with E-state index in [0.29, 0.717) is 17.1 Å². The van der Waals surface area contributed by atoms with Gasteiger partial charge in [0.05, 0.1) is 12.0 Å². The highest BCUT2D eigenvalue weighted by Gasteiger charge is 2.09. The van der Waals surface area contributed by atoms with E-state index in [4.69, 9.17) is 11.6 Å². The molecule has 1 aromatic carbocycles. The Morgan fingerprint density at radius 3 is 2.67 bits per heavy atom. The molecule has 15 heavy (non-hydrogen) atoms. The Kier molecular flexibility index (Phi) is 4.10. The summed E-state index contributed by atoms with van der Waals surface area (Å²) in [6, 6.07) is 4.57. The van der Waals surface area contributed by atoms with E-state index in [1.807, 2.05) is 0 Å². The molecule has 6 heteroatoms.